The molecule has 1 saturated carbocycles. The molecule has 1 aromatic heterocycles. The minimum absolute atomic E-state index is 0.0736. The van der Waals surface area contributed by atoms with Crippen LogP contribution in [-0.2, 0) is 9.59 Å². The van der Waals surface area contributed by atoms with Gasteiger partial charge in [-0.3, -0.25) is 9.59 Å². The summed E-state index contributed by atoms with van der Waals surface area (Å²) in [5.41, 5.74) is 0. The van der Waals surface area contributed by atoms with Crippen molar-refractivity contribution in [2.45, 2.75) is 38.0 Å². The van der Waals surface area contributed by atoms with Crippen LogP contribution in [0.3, 0.4) is 0 Å². The lowest BCUT2D eigenvalue weighted by Gasteiger charge is -2.16. The summed E-state index contributed by atoms with van der Waals surface area (Å²) in [7, 11) is 0. The number of carboxylic acid groups (broad SMARTS) is 1. The number of carboxylic acids is 1. The molecule has 0 saturated heterocycles. The van der Waals surface area contributed by atoms with E-state index in [0.717, 1.165) is 30.6 Å². The third-order valence-corrected chi connectivity index (χ3v) is 4.35. The Balaban J connectivity index is 2.14. The number of thiophene rings is 1. The molecule has 1 unspecified atom stereocenters. The average Bonchev–Trinajstić information content (AvgIpc) is 2.96. The molecule has 2 rings (SSSR count). The molecule has 1 atom stereocenters. The monoisotopic (exact) mass is 252 g/mol. The lowest BCUT2D eigenvalue weighted by Crippen LogP contribution is -2.22. The Morgan fingerprint density at radius 3 is 2.65 bits per heavy atom. The molecule has 0 aromatic carbocycles. The van der Waals surface area contributed by atoms with Crippen molar-refractivity contribution in [2.75, 3.05) is 0 Å². The molecule has 1 aliphatic carbocycles. The number of carbonyl (C=O) groups is 2. The fraction of sp³-hybridized carbons (Fsp3) is 0.538. The standard InChI is InChI=1S/C13H16O3S/c14-12(15)8-10(11-6-3-7-17-11)13(16)9-4-1-2-5-9/h3,6-7,9-10H,1-2,4-5,8H2,(H,14,15). The van der Waals surface area contributed by atoms with E-state index in [1.807, 2.05) is 17.5 Å². The molecule has 0 spiro atoms. The molecule has 0 bridgehead atoms. The van der Waals surface area contributed by atoms with Gasteiger partial charge in [0.05, 0.1) is 12.3 Å². The van der Waals surface area contributed by atoms with Gasteiger partial charge in [0.2, 0.25) is 0 Å². The molecule has 92 valence electrons. The first kappa shape index (κ1) is 12.3. The third kappa shape index (κ3) is 2.94. The fourth-order valence-corrected chi connectivity index (χ4v) is 3.34. The summed E-state index contributed by atoms with van der Waals surface area (Å²) in [6.45, 7) is 0. The van der Waals surface area contributed by atoms with Crippen LogP contribution >= 0.6 is 11.3 Å². The quantitative estimate of drug-likeness (QED) is 0.876. The van der Waals surface area contributed by atoms with Crippen molar-refractivity contribution < 1.29 is 14.7 Å². The van der Waals surface area contributed by atoms with E-state index in [0.29, 0.717) is 0 Å². The minimum Gasteiger partial charge on any atom is -0.481 e. The number of carbonyl (C=O) groups excluding carboxylic acids is 1. The second-order valence-corrected chi connectivity index (χ2v) is 5.53. The number of Topliss-reactive ketones (excluding diaryl/α,β-unsaturated/α-hetero) is 1. The minimum atomic E-state index is -0.894. The second-order valence-electron chi connectivity index (χ2n) is 4.55. The van der Waals surface area contributed by atoms with Crippen molar-refractivity contribution in [3.63, 3.8) is 0 Å². The van der Waals surface area contributed by atoms with E-state index >= 15 is 0 Å². The highest BCUT2D eigenvalue weighted by molar-refractivity contribution is 7.10. The Morgan fingerprint density at radius 1 is 1.41 bits per heavy atom. The van der Waals surface area contributed by atoms with Crippen LogP contribution in [0.25, 0.3) is 0 Å². The normalized spacial score (nSPS) is 18.1. The number of hydrogen-bond donors (Lipinski definition) is 1. The van der Waals surface area contributed by atoms with Crippen LogP contribution in [0.2, 0.25) is 0 Å². The lowest BCUT2D eigenvalue weighted by atomic mass is 9.88. The lowest BCUT2D eigenvalue weighted by molar-refractivity contribution is -0.139. The number of hydrogen-bond acceptors (Lipinski definition) is 3. The van der Waals surface area contributed by atoms with Gasteiger partial charge in [-0.25, -0.2) is 0 Å². The third-order valence-electron chi connectivity index (χ3n) is 3.37. The molecule has 3 nitrogen and oxygen atoms in total. The van der Waals surface area contributed by atoms with Crippen LogP contribution < -0.4 is 0 Å². The van der Waals surface area contributed by atoms with Crippen LogP contribution in [0.5, 0.6) is 0 Å². The Morgan fingerprint density at radius 2 is 2.12 bits per heavy atom. The highest BCUT2D eigenvalue weighted by atomic mass is 32.1. The van der Waals surface area contributed by atoms with Gasteiger partial charge in [0.15, 0.2) is 0 Å². The summed E-state index contributed by atoms with van der Waals surface area (Å²) in [5, 5.41) is 10.8. The summed E-state index contributed by atoms with van der Waals surface area (Å²) in [6.07, 6.45) is 3.98. The topological polar surface area (TPSA) is 54.4 Å². The van der Waals surface area contributed by atoms with Gasteiger partial charge in [0.25, 0.3) is 0 Å². The number of aliphatic carboxylic acids is 1. The largest absolute Gasteiger partial charge is 0.481 e. The van der Waals surface area contributed by atoms with Gasteiger partial charge in [0, 0.05) is 10.8 Å². The zero-order valence-corrected chi connectivity index (χ0v) is 10.4. The second kappa shape index (κ2) is 5.45. The first-order valence-corrected chi connectivity index (χ1v) is 6.85. The molecular formula is C13H16O3S. The maximum atomic E-state index is 12.3. The Hall–Kier alpha value is -1.16. The van der Waals surface area contributed by atoms with Gasteiger partial charge in [-0.15, -0.1) is 11.3 Å². The first-order valence-electron chi connectivity index (χ1n) is 5.97. The van der Waals surface area contributed by atoms with Gasteiger partial charge in [-0.05, 0) is 24.3 Å². The van der Waals surface area contributed by atoms with Crippen molar-refractivity contribution in [3.8, 4) is 0 Å². The summed E-state index contributed by atoms with van der Waals surface area (Å²) in [5.74, 6) is -1.11. The average molecular weight is 252 g/mol. The highest BCUT2D eigenvalue weighted by Gasteiger charge is 2.32. The van der Waals surface area contributed by atoms with Crippen molar-refractivity contribution in [1.29, 1.82) is 0 Å². The van der Waals surface area contributed by atoms with E-state index < -0.39 is 11.9 Å². The van der Waals surface area contributed by atoms with Crippen LogP contribution in [0.4, 0.5) is 0 Å². The van der Waals surface area contributed by atoms with Gasteiger partial charge in [-0.2, -0.15) is 0 Å². The number of rotatable bonds is 5. The molecule has 0 amide bonds. The zero-order valence-electron chi connectivity index (χ0n) is 9.59. The summed E-state index contributed by atoms with van der Waals surface area (Å²) >= 11 is 1.48. The smallest absolute Gasteiger partial charge is 0.304 e. The predicted molar refractivity (Wildman–Crippen MR) is 66.3 cm³/mol. The predicted octanol–water partition coefficient (Wildman–Crippen LogP) is 3.07. The molecule has 1 N–H and O–H groups in total. The van der Waals surface area contributed by atoms with E-state index in [2.05, 4.69) is 0 Å². The zero-order chi connectivity index (χ0) is 12.3. The molecule has 1 heterocycles. The van der Waals surface area contributed by atoms with Gasteiger partial charge in [0.1, 0.15) is 5.78 Å². The molecule has 1 aromatic rings. The van der Waals surface area contributed by atoms with Crippen molar-refractivity contribution in [3.05, 3.63) is 22.4 Å². The van der Waals surface area contributed by atoms with Gasteiger partial charge in [-0.1, -0.05) is 18.9 Å². The number of ketones is 1. The first-order chi connectivity index (χ1) is 8.18. The van der Waals surface area contributed by atoms with Crippen molar-refractivity contribution >= 4 is 23.1 Å². The van der Waals surface area contributed by atoms with Crippen molar-refractivity contribution in [1.82, 2.24) is 0 Å². The molecule has 17 heavy (non-hydrogen) atoms. The molecule has 0 radical (unpaired) electrons. The summed E-state index contributed by atoms with van der Waals surface area (Å²) in [6, 6.07) is 3.74. The fourth-order valence-electron chi connectivity index (χ4n) is 2.50. The Labute approximate surface area is 104 Å². The summed E-state index contributed by atoms with van der Waals surface area (Å²) in [4.78, 5) is 24.1. The van der Waals surface area contributed by atoms with E-state index in [1.165, 1.54) is 11.3 Å². The summed E-state index contributed by atoms with van der Waals surface area (Å²) < 4.78 is 0. The van der Waals surface area contributed by atoms with Crippen LogP contribution in [-0.4, -0.2) is 16.9 Å². The van der Waals surface area contributed by atoms with Crippen LogP contribution in [0.15, 0.2) is 17.5 Å². The van der Waals surface area contributed by atoms with E-state index in [-0.39, 0.29) is 18.1 Å². The van der Waals surface area contributed by atoms with E-state index in [9.17, 15) is 9.59 Å². The van der Waals surface area contributed by atoms with Crippen LogP contribution in [0.1, 0.15) is 42.9 Å². The molecule has 1 fully saturated rings. The van der Waals surface area contributed by atoms with E-state index in [1.54, 1.807) is 0 Å². The SMILES string of the molecule is O=C(O)CC(C(=O)C1CCCC1)c1cccs1. The maximum absolute atomic E-state index is 12.3. The molecular weight excluding hydrogens is 236 g/mol. The highest BCUT2D eigenvalue weighted by Crippen LogP contribution is 2.34. The molecule has 1 aliphatic rings. The Bertz CT molecular complexity index is 391. The van der Waals surface area contributed by atoms with Gasteiger partial charge < -0.3 is 5.11 Å². The molecule has 4 heteroatoms. The van der Waals surface area contributed by atoms with Crippen LogP contribution in [0, 0.1) is 5.92 Å². The van der Waals surface area contributed by atoms with E-state index in [4.69, 9.17) is 5.11 Å². The maximum Gasteiger partial charge on any atom is 0.304 e. The molecule has 0 aliphatic heterocycles. The van der Waals surface area contributed by atoms with Gasteiger partial charge >= 0.3 is 5.97 Å². The Kier molecular flexibility index (Phi) is 3.94. The van der Waals surface area contributed by atoms with Crippen molar-refractivity contribution in [2.24, 2.45) is 5.92 Å².